The summed E-state index contributed by atoms with van der Waals surface area (Å²) in [4.78, 5) is 0. The van der Waals surface area contributed by atoms with Crippen molar-refractivity contribution in [3.63, 3.8) is 0 Å². The zero-order chi connectivity index (χ0) is 12.4. The molecule has 98 valence electrons. The lowest BCUT2D eigenvalue weighted by Crippen LogP contribution is -2.32. The highest BCUT2D eigenvalue weighted by Gasteiger charge is 2.40. The van der Waals surface area contributed by atoms with Crippen molar-refractivity contribution in [2.45, 2.75) is 38.5 Å². The van der Waals surface area contributed by atoms with E-state index in [-0.39, 0.29) is 6.61 Å². The molecule has 0 heterocycles. The van der Waals surface area contributed by atoms with Gasteiger partial charge in [-0.25, -0.2) is 8.78 Å². The summed E-state index contributed by atoms with van der Waals surface area (Å²) in [6, 6.07) is 0. The molecule has 0 unspecified atom stereocenters. The van der Waals surface area contributed by atoms with Crippen LogP contribution in [0.1, 0.15) is 26.2 Å². The smallest absolute Gasteiger partial charge is 0.330 e. The van der Waals surface area contributed by atoms with Crippen LogP contribution in [-0.2, 0) is 4.74 Å². The number of ether oxygens (including phenoxy) is 1. The van der Waals surface area contributed by atoms with E-state index >= 15 is 0 Å². The molecule has 0 aromatic heterocycles. The highest BCUT2D eigenvalue weighted by atomic mass is 19.3. The largest absolute Gasteiger partial charge is 0.375 e. The average Bonchev–Trinajstić information content (AvgIpc) is 2.21. The van der Waals surface area contributed by atoms with Crippen LogP contribution in [0.5, 0.6) is 0 Å². The minimum absolute atomic E-state index is 0.106. The van der Waals surface area contributed by atoms with Crippen LogP contribution in [0.4, 0.5) is 17.6 Å². The number of rotatable bonds is 10. The summed E-state index contributed by atoms with van der Waals surface area (Å²) in [5.41, 5.74) is 0. The lowest BCUT2D eigenvalue weighted by Gasteiger charge is -2.14. The minimum Gasteiger partial charge on any atom is -0.375 e. The Hall–Kier alpha value is -0.360. The molecular weight excluding hydrogens is 226 g/mol. The fourth-order valence-corrected chi connectivity index (χ4v) is 1.08. The summed E-state index contributed by atoms with van der Waals surface area (Å²) in [5.74, 6) is -4.02. The van der Waals surface area contributed by atoms with E-state index in [9.17, 15) is 17.6 Å². The summed E-state index contributed by atoms with van der Waals surface area (Å²) in [5, 5.41) is 3.12. The lowest BCUT2D eigenvalue weighted by molar-refractivity contribution is -0.165. The number of nitrogens with one attached hydrogen (secondary N) is 1. The molecule has 0 saturated heterocycles. The van der Waals surface area contributed by atoms with Gasteiger partial charge in [-0.1, -0.05) is 6.92 Å². The number of alkyl halides is 4. The Bertz CT molecular complexity index is 167. The third-order valence-corrected chi connectivity index (χ3v) is 2.01. The summed E-state index contributed by atoms with van der Waals surface area (Å²) >= 11 is 0. The third kappa shape index (κ3) is 7.87. The Balaban J connectivity index is 3.27. The molecule has 0 aliphatic rings. The molecule has 6 heteroatoms. The van der Waals surface area contributed by atoms with Gasteiger partial charge in [0.25, 0.3) is 0 Å². The van der Waals surface area contributed by atoms with Gasteiger partial charge < -0.3 is 10.1 Å². The van der Waals surface area contributed by atoms with E-state index in [1.807, 2.05) is 6.92 Å². The maximum Gasteiger partial charge on any atom is 0.330 e. The van der Waals surface area contributed by atoms with Crippen molar-refractivity contribution in [3.05, 3.63) is 0 Å². The van der Waals surface area contributed by atoms with E-state index in [0.717, 1.165) is 25.9 Å². The fraction of sp³-hybridized carbons (Fsp3) is 1.00. The summed E-state index contributed by atoms with van der Waals surface area (Å²) < 4.78 is 52.6. The van der Waals surface area contributed by atoms with Gasteiger partial charge in [-0.05, 0) is 32.4 Å². The quantitative estimate of drug-likeness (QED) is 0.472. The Morgan fingerprint density at radius 3 is 2.44 bits per heavy atom. The van der Waals surface area contributed by atoms with E-state index in [2.05, 4.69) is 10.1 Å². The van der Waals surface area contributed by atoms with Crippen molar-refractivity contribution < 1.29 is 22.3 Å². The highest BCUT2D eigenvalue weighted by Crippen LogP contribution is 2.22. The molecule has 0 aromatic rings. The van der Waals surface area contributed by atoms with Gasteiger partial charge in [-0.15, -0.1) is 0 Å². The van der Waals surface area contributed by atoms with E-state index in [0.29, 0.717) is 6.42 Å². The zero-order valence-corrected chi connectivity index (χ0v) is 9.45. The van der Waals surface area contributed by atoms with Crippen LogP contribution >= 0.6 is 0 Å². The molecule has 0 spiro atoms. The molecule has 0 rings (SSSR count). The molecule has 0 aliphatic heterocycles. The second kappa shape index (κ2) is 8.75. The molecule has 0 amide bonds. The monoisotopic (exact) mass is 245 g/mol. The SMILES string of the molecule is CCNCCCCCOCC(F)(F)C(F)F. The van der Waals surface area contributed by atoms with Crippen LogP contribution in [0.15, 0.2) is 0 Å². The minimum atomic E-state index is -4.02. The second-order valence-electron chi connectivity index (χ2n) is 3.53. The molecule has 16 heavy (non-hydrogen) atoms. The predicted molar refractivity (Wildman–Crippen MR) is 54.2 cm³/mol. The van der Waals surface area contributed by atoms with Gasteiger partial charge >= 0.3 is 12.3 Å². The first-order valence-corrected chi connectivity index (χ1v) is 5.45. The Morgan fingerprint density at radius 2 is 1.88 bits per heavy atom. The maximum atomic E-state index is 12.3. The first kappa shape index (κ1) is 15.6. The first-order valence-electron chi connectivity index (χ1n) is 5.45. The van der Waals surface area contributed by atoms with Gasteiger partial charge in [0, 0.05) is 6.61 Å². The van der Waals surface area contributed by atoms with E-state index < -0.39 is 19.0 Å². The molecule has 0 saturated carbocycles. The number of hydrogen-bond donors (Lipinski definition) is 1. The van der Waals surface area contributed by atoms with Crippen molar-refractivity contribution in [2.75, 3.05) is 26.3 Å². The Morgan fingerprint density at radius 1 is 1.19 bits per heavy atom. The molecule has 0 aromatic carbocycles. The molecule has 0 bridgehead atoms. The van der Waals surface area contributed by atoms with E-state index in [1.54, 1.807) is 0 Å². The molecule has 0 aliphatic carbocycles. The van der Waals surface area contributed by atoms with Gasteiger partial charge in [0.15, 0.2) is 0 Å². The summed E-state index contributed by atoms with van der Waals surface area (Å²) in [7, 11) is 0. The van der Waals surface area contributed by atoms with Crippen LogP contribution in [0.3, 0.4) is 0 Å². The van der Waals surface area contributed by atoms with E-state index in [1.165, 1.54) is 0 Å². The predicted octanol–water partition coefficient (Wildman–Crippen LogP) is 2.68. The number of unbranched alkanes of at least 4 members (excludes halogenated alkanes) is 2. The standard InChI is InChI=1S/C10H19F4NO/c1-2-15-6-4-3-5-7-16-8-10(13,14)9(11)12/h9,15H,2-8H2,1H3. The maximum absolute atomic E-state index is 12.3. The Labute approximate surface area is 93.3 Å². The third-order valence-electron chi connectivity index (χ3n) is 2.01. The van der Waals surface area contributed by atoms with Crippen molar-refractivity contribution in [3.8, 4) is 0 Å². The number of halogens is 4. The second-order valence-corrected chi connectivity index (χ2v) is 3.53. The van der Waals surface area contributed by atoms with Crippen LogP contribution in [0.25, 0.3) is 0 Å². The number of hydrogen-bond acceptors (Lipinski definition) is 2. The lowest BCUT2D eigenvalue weighted by atomic mass is 10.2. The van der Waals surface area contributed by atoms with Crippen molar-refractivity contribution in [1.29, 1.82) is 0 Å². The van der Waals surface area contributed by atoms with Crippen LogP contribution in [0, 0.1) is 0 Å². The normalized spacial score (nSPS) is 12.4. The van der Waals surface area contributed by atoms with E-state index in [4.69, 9.17) is 0 Å². The molecule has 0 fully saturated rings. The van der Waals surface area contributed by atoms with Gasteiger partial charge in [0.05, 0.1) is 0 Å². The molecule has 0 atom stereocenters. The first-order chi connectivity index (χ1) is 7.50. The van der Waals surface area contributed by atoms with Crippen molar-refractivity contribution >= 4 is 0 Å². The fourth-order valence-electron chi connectivity index (χ4n) is 1.08. The van der Waals surface area contributed by atoms with Gasteiger partial charge in [-0.3, -0.25) is 0 Å². The van der Waals surface area contributed by atoms with Crippen LogP contribution in [-0.4, -0.2) is 38.7 Å². The molecular formula is C10H19F4NO. The van der Waals surface area contributed by atoms with Gasteiger partial charge in [0.2, 0.25) is 0 Å². The highest BCUT2D eigenvalue weighted by molar-refractivity contribution is 4.67. The Kier molecular flexibility index (Phi) is 8.56. The molecule has 2 nitrogen and oxygen atoms in total. The van der Waals surface area contributed by atoms with Crippen molar-refractivity contribution in [1.82, 2.24) is 5.32 Å². The van der Waals surface area contributed by atoms with Gasteiger partial charge in [0.1, 0.15) is 6.61 Å². The zero-order valence-electron chi connectivity index (χ0n) is 9.45. The van der Waals surface area contributed by atoms with Crippen LogP contribution < -0.4 is 5.32 Å². The molecule has 0 radical (unpaired) electrons. The van der Waals surface area contributed by atoms with Crippen molar-refractivity contribution in [2.24, 2.45) is 0 Å². The average molecular weight is 245 g/mol. The van der Waals surface area contributed by atoms with Crippen LogP contribution in [0.2, 0.25) is 0 Å². The topological polar surface area (TPSA) is 21.3 Å². The summed E-state index contributed by atoms with van der Waals surface area (Å²) in [6.45, 7) is 2.68. The van der Waals surface area contributed by atoms with Gasteiger partial charge in [-0.2, -0.15) is 8.78 Å². The summed E-state index contributed by atoms with van der Waals surface area (Å²) in [6.07, 6.45) is -1.26. The molecule has 1 N–H and O–H groups in total.